The van der Waals surface area contributed by atoms with Crippen LogP contribution in [0.4, 0.5) is 0 Å². The lowest BCUT2D eigenvalue weighted by molar-refractivity contribution is -0.178. The largest absolute Gasteiger partial charge is 0.462 e. The van der Waals surface area contributed by atoms with Crippen LogP contribution in [-0.4, -0.2) is 48.3 Å². The molecule has 0 aromatic rings. The number of rotatable bonds is 12. The zero-order valence-corrected chi connectivity index (χ0v) is 23.6. The monoisotopic (exact) mass is 526 g/mol. The summed E-state index contributed by atoms with van der Waals surface area (Å²) in [5.74, 6) is 11.7. The smallest absolute Gasteiger partial charge is 0.325 e. The maximum absolute atomic E-state index is 12.9. The highest BCUT2D eigenvalue weighted by molar-refractivity contribution is 6.01. The van der Waals surface area contributed by atoms with E-state index in [0.717, 1.165) is 0 Å². The molecule has 38 heavy (non-hydrogen) atoms. The second-order valence-corrected chi connectivity index (χ2v) is 9.70. The third kappa shape index (κ3) is 10.2. The van der Waals surface area contributed by atoms with Crippen LogP contribution in [-0.2, 0) is 38.1 Å². The molecule has 0 fully saturated rings. The van der Waals surface area contributed by atoms with Crippen LogP contribution in [0.3, 0.4) is 0 Å². The molecule has 0 amide bonds. The third-order valence-electron chi connectivity index (χ3n) is 4.76. The van der Waals surface area contributed by atoms with Gasteiger partial charge in [-0.2, -0.15) is 0 Å². The van der Waals surface area contributed by atoms with Crippen LogP contribution in [0.1, 0.15) is 81.1 Å². The van der Waals surface area contributed by atoms with Crippen molar-refractivity contribution in [2.45, 2.75) is 105 Å². The fraction of sp³-hybridized carbons (Fsp3) is 0.600. The molecule has 0 radical (unpaired) electrons. The highest BCUT2D eigenvalue weighted by Crippen LogP contribution is 2.32. The second kappa shape index (κ2) is 16.1. The molecule has 0 saturated carbocycles. The number of hydrogen-bond donors (Lipinski definition) is 0. The van der Waals surface area contributed by atoms with Gasteiger partial charge in [0, 0.05) is 25.7 Å². The standard InChI is InChI=1S/C30H38O8/c1-11-17-29(25(31)35-21(3)4,26(32)36-22(5)6)19-15-13-14-16-20-30(18-12-2,27(33)37-23(7)8)28(34)38-24(9)10/h1-2,21-24H,17-20H2,3-10H3. The SMILES string of the molecule is C#CCC(CC#CC#CCC(CC#C)(C(=O)OC(C)C)C(=O)OC(C)C)(C(=O)OC(C)C)C(=O)OC(C)C. The van der Waals surface area contributed by atoms with Crippen molar-refractivity contribution in [1.82, 2.24) is 0 Å². The molecule has 0 saturated heterocycles. The lowest BCUT2D eigenvalue weighted by Gasteiger charge is -2.27. The first-order chi connectivity index (χ1) is 17.7. The Balaban J connectivity index is 6.24. The van der Waals surface area contributed by atoms with Gasteiger partial charge >= 0.3 is 23.9 Å². The average Bonchev–Trinajstić information content (AvgIpc) is 2.77. The lowest BCUT2D eigenvalue weighted by atomic mass is 9.81. The van der Waals surface area contributed by atoms with Crippen LogP contribution in [0.5, 0.6) is 0 Å². The molecular formula is C30H38O8. The highest BCUT2D eigenvalue weighted by atomic mass is 16.6. The Kier molecular flexibility index (Phi) is 14.4. The van der Waals surface area contributed by atoms with E-state index < -0.39 is 59.1 Å². The van der Waals surface area contributed by atoms with E-state index in [1.807, 2.05) is 0 Å². The van der Waals surface area contributed by atoms with E-state index in [0.29, 0.717) is 0 Å². The molecule has 0 aliphatic carbocycles. The van der Waals surface area contributed by atoms with Gasteiger partial charge in [-0.3, -0.25) is 19.2 Å². The molecule has 0 rings (SSSR count). The minimum Gasteiger partial charge on any atom is -0.462 e. The van der Waals surface area contributed by atoms with Gasteiger partial charge < -0.3 is 18.9 Å². The average molecular weight is 527 g/mol. The molecule has 0 atom stereocenters. The summed E-state index contributed by atoms with van der Waals surface area (Å²) in [7, 11) is 0. The Hall–Kier alpha value is -3.88. The summed E-state index contributed by atoms with van der Waals surface area (Å²) in [6.07, 6.45) is 7.70. The molecular weight excluding hydrogens is 488 g/mol. The number of esters is 4. The van der Waals surface area contributed by atoms with E-state index in [9.17, 15) is 19.2 Å². The van der Waals surface area contributed by atoms with Crippen molar-refractivity contribution in [3.8, 4) is 48.4 Å². The van der Waals surface area contributed by atoms with Gasteiger partial charge in [0.1, 0.15) is 0 Å². The van der Waals surface area contributed by atoms with Crippen molar-refractivity contribution in [2.24, 2.45) is 10.8 Å². The van der Waals surface area contributed by atoms with Crippen molar-refractivity contribution in [3.05, 3.63) is 0 Å². The second-order valence-electron chi connectivity index (χ2n) is 9.70. The van der Waals surface area contributed by atoms with Gasteiger partial charge in [-0.25, -0.2) is 0 Å². The van der Waals surface area contributed by atoms with Crippen molar-refractivity contribution in [3.63, 3.8) is 0 Å². The van der Waals surface area contributed by atoms with E-state index in [4.69, 9.17) is 31.8 Å². The molecule has 0 bridgehead atoms. The van der Waals surface area contributed by atoms with Crippen LogP contribution >= 0.6 is 0 Å². The molecule has 0 aliphatic rings. The summed E-state index contributed by atoms with van der Waals surface area (Å²) < 4.78 is 21.1. The first-order valence-corrected chi connectivity index (χ1v) is 12.4. The minimum absolute atomic E-state index is 0.292. The minimum atomic E-state index is -1.84. The first kappa shape index (κ1) is 34.1. The normalized spacial score (nSPS) is 10.9. The molecule has 0 aromatic carbocycles. The van der Waals surface area contributed by atoms with Crippen molar-refractivity contribution < 1.29 is 38.1 Å². The number of terminal acetylenes is 2. The van der Waals surface area contributed by atoms with E-state index >= 15 is 0 Å². The maximum Gasteiger partial charge on any atom is 0.325 e. The lowest BCUT2D eigenvalue weighted by Crippen LogP contribution is -2.43. The van der Waals surface area contributed by atoms with Gasteiger partial charge in [0.15, 0.2) is 10.8 Å². The van der Waals surface area contributed by atoms with Gasteiger partial charge in [0.05, 0.1) is 24.4 Å². The summed E-state index contributed by atoms with van der Waals surface area (Å²) >= 11 is 0. The molecule has 0 aromatic heterocycles. The van der Waals surface area contributed by atoms with Crippen molar-refractivity contribution in [1.29, 1.82) is 0 Å². The molecule has 8 heteroatoms. The third-order valence-corrected chi connectivity index (χ3v) is 4.76. The fourth-order valence-electron chi connectivity index (χ4n) is 3.00. The summed E-state index contributed by atoms with van der Waals surface area (Å²) in [4.78, 5) is 51.6. The predicted molar refractivity (Wildman–Crippen MR) is 141 cm³/mol. The molecule has 8 nitrogen and oxygen atoms in total. The van der Waals surface area contributed by atoms with Crippen LogP contribution in [0.2, 0.25) is 0 Å². The van der Waals surface area contributed by atoms with Gasteiger partial charge in [0.25, 0.3) is 0 Å². The van der Waals surface area contributed by atoms with E-state index in [2.05, 4.69) is 35.5 Å². The Morgan fingerprint density at radius 2 is 0.763 bits per heavy atom. The topological polar surface area (TPSA) is 105 Å². The highest BCUT2D eigenvalue weighted by Gasteiger charge is 2.50. The summed E-state index contributed by atoms with van der Waals surface area (Å²) in [6, 6.07) is 0. The Morgan fingerprint density at radius 1 is 0.526 bits per heavy atom. The molecule has 0 heterocycles. The van der Waals surface area contributed by atoms with Gasteiger partial charge in [-0.05, 0) is 67.2 Å². The van der Waals surface area contributed by atoms with Crippen LogP contribution in [0.15, 0.2) is 0 Å². The van der Waals surface area contributed by atoms with E-state index in [-0.39, 0.29) is 25.7 Å². The number of hydrogen-bond acceptors (Lipinski definition) is 8. The van der Waals surface area contributed by atoms with E-state index in [1.54, 1.807) is 55.4 Å². The van der Waals surface area contributed by atoms with Crippen LogP contribution in [0, 0.1) is 59.2 Å². The van der Waals surface area contributed by atoms with E-state index in [1.165, 1.54) is 0 Å². The molecule has 0 N–H and O–H groups in total. The number of carbonyl (C=O) groups excluding carboxylic acids is 4. The van der Waals surface area contributed by atoms with Crippen LogP contribution in [0.25, 0.3) is 0 Å². The zero-order chi connectivity index (χ0) is 29.5. The summed E-state index contributed by atoms with van der Waals surface area (Å²) in [6.45, 7) is 13.1. The number of carbonyl (C=O) groups is 4. The van der Waals surface area contributed by atoms with Gasteiger partial charge in [-0.15, -0.1) is 24.7 Å². The molecule has 0 aliphatic heterocycles. The zero-order valence-electron chi connectivity index (χ0n) is 23.6. The quantitative estimate of drug-likeness (QED) is 0.164. The fourth-order valence-corrected chi connectivity index (χ4v) is 3.00. The summed E-state index contributed by atoms with van der Waals surface area (Å²) in [5.41, 5.74) is -3.68. The Morgan fingerprint density at radius 3 is 0.947 bits per heavy atom. The van der Waals surface area contributed by atoms with Crippen molar-refractivity contribution in [2.75, 3.05) is 0 Å². The molecule has 206 valence electrons. The van der Waals surface area contributed by atoms with Crippen LogP contribution < -0.4 is 0 Å². The maximum atomic E-state index is 12.9. The predicted octanol–water partition coefficient (Wildman–Crippen LogP) is 3.60. The molecule has 0 unspecified atom stereocenters. The Labute approximate surface area is 226 Å². The van der Waals surface area contributed by atoms with Crippen molar-refractivity contribution >= 4 is 23.9 Å². The molecule has 0 spiro atoms. The summed E-state index contributed by atoms with van der Waals surface area (Å²) in [5, 5.41) is 0. The van der Waals surface area contributed by atoms with Gasteiger partial charge in [-0.1, -0.05) is 11.8 Å². The first-order valence-electron chi connectivity index (χ1n) is 12.4. The van der Waals surface area contributed by atoms with Gasteiger partial charge in [0.2, 0.25) is 0 Å². The Bertz CT molecular complexity index is 928. The number of ether oxygens (including phenoxy) is 4.